The lowest BCUT2D eigenvalue weighted by molar-refractivity contribution is -0.0485. The number of ether oxygens (including phenoxy) is 2. The quantitative estimate of drug-likeness (QED) is 0.0407. The van der Waals surface area contributed by atoms with Crippen LogP contribution in [0.1, 0.15) is 12.5 Å². The van der Waals surface area contributed by atoms with Gasteiger partial charge < -0.3 is 59.7 Å². The molecule has 0 saturated carbocycles. The largest absolute Gasteiger partial charge is 0.393 e. The van der Waals surface area contributed by atoms with E-state index < -0.39 is 95.9 Å². The summed E-state index contributed by atoms with van der Waals surface area (Å²) in [5, 5.41) is 48.2. The second kappa shape index (κ2) is 16.7. The van der Waals surface area contributed by atoms with Crippen LogP contribution in [0.3, 0.4) is 0 Å². The number of rotatable bonds is 16. The zero-order chi connectivity index (χ0) is 41.0. The van der Waals surface area contributed by atoms with E-state index in [2.05, 4.69) is 61.4 Å². The Kier molecular flexibility index (Phi) is 13.0. The van der Waals surface area contributed by atoms with Crippen LogP contribution in [0.15, 0.2) is 25.3 Å². The number of hydrogen-bond donors (Lipinski definition) is 10. The molecule has 26 nitrogen and oxygen atoms in total. The summed E-state index contributed by atoms with van der Waals surface area (Å²) in [6, 6.07) is 0. The van der Waals surface area contributed by atoms with Crippen LogP contribution in [-0.2, 0) is 52.6 Å². The minimum atomic E-state index is -5.75. The number of aromatic nitrogens is 8. The molecule has 0 aliphatic carbocycles. The fraction of sp³-hybridized carbons (Fsp3) is 0.565. The highest BCUT2D eigenvalue weighted by atomic mass is 35.5. The van der Waals surface area contributed by atoms with Crippen LogP contribution in [0.4, 0.5) is 11.6 Å². The molecule has 310 valence electrons. The predicted octanol–water partition coefficient (Wildman–Crippen LogP) is 0.202. The van der Waals surface area contributed by atoms with Gasteiger partial charge in [-0.25, -0.2) is 43.1 Å². The molecule has 2 saturated heterocycles. The molecule has 6 rings (SSSR count). The highest BCUT2D eigenvalue weighted by Crippen LogP contribution is 2.77. The molecular formula is C23H33ClN10O16P4S2. The number of imidazole rings is 2. The molecular weight excluding hydrogens is 896 g/mol. The average Bonchev–Trinajstić information content (AvgIpc) is 3.89. The van der Waals surface area contributed by atoms with Crippen LogP contribution >= 0.6 is 52.6 Å². The van der Waals surface area contributed by atoms with Gasteiger partial charge in [0.1, 0.15) is 60.3 Å². The minimum absolute atomic E-state index is 0.213. The van der Waals surface area contributed by atoms with Crippen LogP contribution in [0.5, 0.6) is 0 Å². The molecule has 5 unspecified atom stereocenters. The first kappa shape index (κ1) is 43.7. The number of nitrogens with zero attached hydrogens (tertiary/aromatic N) is 8. The Labute approximate surface area is 329 Å². The summed E-state index contributed by atoms with van der Waals surface area (Å²) < 4.78 is 72.0. The second-order valence-electron chi connectivity index (χ2n) is 11.8. The fourth-order valence-corrected chi connectivity index (χ4v) is 14.7. The third kappa shape index (κ3) is 8.86. The molecule has 2 aliphatic rings. The monoisotopic (exact) mass is 928 g/mol. The van der Waals surface area contributed by atoms with Crippen LogP contribution < -0.4 is 10.6 Å². The van der Waals surface area contributed by atoms with Crippen molar-refractivity contribution in [3.8, 4) is 0 Å². The van der Waals surface area contributed by atoms with Crippen molar-refractivity contribution >= 4 is 98.3 Å². The van der Waals surface area contributed by atoms with Crippen LogP contribution in [0.2, 0.25) is 0 Å². The summed E-state index contributed by atoms with van der Waals surface area (Å²) in [5.74, 6) is 0.723. The summed E-state index contributed by atoms with van der Waals surface area (Å²) >= 11 is 14.1. The zero-order valence-corrected chi connectivity index (χ0v) is 34.4. The molecule has 56 heavy (non-hydrogen) atoms. The number of halogens is 1. The van der Waals surface area contributed by atoms with E-state index in [0.29, 0.717) is 22.7 Å². The number of thiol groups is 1. The van der Waals surface area contributed by atoms with Gasteiger partial charge in [-0.1, -0.05) is 23.8 Å². The van der Waals surface area contributed by atoms with Gasteiger partial charge >= 0.3 is 28.7 Å². The molecule has 0 spiro atoms. The van der Waals surface area contributed by atoms with E-state index in [1.54, 1.807) is 14.1 Å². The highest BCUT2D eigenvalue weighted by molar-refractivity contribution is 8.45. The van der Waals surface area contributed by atoms with E-state index in [1.807, 2.05) is 0 Å². The van der Waals surface area contributed by atoms with Gasteiger partial charge in [-0.3, -0.25) is 22.8 Å². The molecule has 0 radical (unpaired) electrons. The minimum Gasteiger partial charge on any atom is -0.387 e. The highest BCUT2D eigenvalue weighted by Gasteiger charge is 2.53. The first-order chi connectivity index (χ1) is 26.2. The Morgan fingerprint density at radius 2 is 1.20 bits per heavy atom. The maximum Gasteiger partial charge on any atom is 0.393 e. The predicted molar refractivity (Wildman–Crippen MR) is 198 cm³/mol. The van der Waals surface area contributed by atoms with Crippen molar-refractivity contribution in [3.05, 3.63) is 25.3 Å². The molecule has 0 amide bonds. The van der Waals surface area contributed by atoms with Gasteiger partial charge in [0.25, 0.3) is 0 Å². The van der Waals surface area contributed by atoms with Crippen LogP contribution in [-0.4, -0.2) is 143 Å². The number of anilines is 2. The third-order valence-corrected chi connectivity index (χ3v) is 18.9. The second-order valence-corrected chi connectivity index (χ2v) is 23.1. The maximum absolute atomic E-state index is 13.0. The van der Waals surface area contributed by atoms with E-state index in [4.69, 9.17) is 41.9 Å². The number of alkyl halides is 1. The van der Waals surface area contributed by atoms with E-state index in [-0.39, 0.29) is 11.3 Å². The standard InChI is InChI=1S/C23H33ClN10O16P4S2/c1-25-17-11-19(29-5-27-17)33(7-31-11)21-15(37)13(35)9(47-21)3-45-53(43,55)49-51(39,40)23(24)52(41,42)50-54(44,56)46-4-10-14(36)16(38)22(48-10)34-8-32-12-18(26-2)28-6-30-20(12)34/h5-10,13-16,21-23,35-38H,3-4H2,1-2H3,(H,39,40)(H,41,42)(H,43,55)(H,44,56)(H,25,27,29)(H,26,28,30)/t9-,10-,13-,14-,15-,16-,21-,22-,23?,53?,54?/m1/s1. The molecule has 4 aromatic rings. The van der Waals surface area contributed by atoms with Crippen LogP contribution in [0.25, 0.3) is 22.3 Å². The Bertz CT molecular complexity index is 2130. The SMILES string of the molecule is CNc1ncnc2c1ncn2[C@@H]1O[C@H](COP(=O)(S)OP(=O)(O)C(Cl)P(=O)(O)OP(O)(=S)OC[C@H]2O[C@@H](n3cnc4c(NC)ncnc43)[C@H](O)[C@@H]2O)[C@@H](O)[C@H]1O. The van der Waals surface area contributed by atoms with Crippen molar-refractivity contribution in [2.24, 2.45) is 0 Å². The average molecular weight is 929 g/mol. The lowest BCUT2D eigenvalue weighted by atomic mass is 10.1. The van der Waals surface area contributed by atoms with Crippen molar-refractivity contribution in [1.82, 2.24) is 39.0 Å². The van der Waals surface area contributed by atoms with E-state index in [9.17, 15) is 48.8 Å². The number of aliphatic hydroxyl groups excluding tert-OH is 4. The van der Waals surface area contributed by atoms with Gasteiger partial charge in [-0.2, -0.15) is 0 Å². The third-order valence-electron chi connectivity index (χ3n) is 8.20. The van der Waals surface area contributed by atoms with Crippen molar-refractivity contribution in [2.45, 2.75) is 53.9 Å². The van der Waals surface area contributed by atoms with Gasteiger partial charge in [0.05, 0.1) is 25.9 Å². The lowest BCUT2D eigenvalue weighted by Crippen LogP contribution is -2.33. The number of aliphatic hydroxyl groups is 4. The van der Waals surface area contributed by atoms with Gasteiger partial charge in [0, 0.05) is 14.1 Å². The van der Waals surface area contributed by atoms with E-state index >= 15 is 0 Å². The van der Waals surface area contributed by atoms with Gasteiger partial charge in [0.2, 0.25) is 4.86 Å². The molecule has 9 N–H and O–H groups in total. The molecule has 33 heteroatoms. The summed E-state index contributed by atoms with van der Waals surface area (Å²) in [6.07, 6.45) is -7.08. The Morgan fingerprint density at radius 1 is 0.768 bits per heavy atom. The van der Waals surface area contributed by atoms with Gasteiger partial charge in [-0.15, -0.1) is 0 Å². The van der Waals surface area contributed by atoms with E-state index in [0.717, 1.165) is 0 Å². The number of nitrogens with one attached hydrogen (secondary N) is 2. The molecule has 0 bridgehead atoms. The summed E-state index contributed by atoms with van der Waals surface area (Å²) in [4.78, 5) is 53.1. The van der Waals surface area contributed by atoms with E-state index in [1.165, 1.54) is 34.4 Å². The maximum atomic E-state index is 13.0. The number of hydrogen-bond acceptors (Lipinski definition) is 22. The number of fused-ring (bicyclic) bond motifs is 2. The smallest absolute Gasteiger partial charge is 0.387 e. The molecule has 0 aromatic carbocycles. The normalized spacial score (nSPS) is 30.4. The Balaban J connectivity index is 1.04. The fourth-order valence-electron chi connectivity index (χ4n) is 5.58. The summed E-state index contributed by atoms with van der Waals surface area (Å²) in [7, 11) is -8.28. The zero-order valence-electron chi connectivity index (χ0n) is 28.3. The molecule has 13 atom stereocenters. The molecule has 4 aromatic heterocycles. The topological polar surface area (TPSA) is 359 Å². The van der Waals surface area contributed by atoms with Gasteiger partial charge in [0.15, 0.2) is 35.4 Å². The first-order valence-electron chi connectivity index (χ1n) is 15.6. The van der Waals surface area contributed by atoms with Crippen molar-refractivity contribution in [1.29, 1.82) is 0 Å². The lowest BCUT2D eigenvalue weighted by Gasteiger charge is -2.26. The Morgan fingerprint density at radius 3 is 1.64 bits per heavy atom. The molecule has 2 fully saturated rings. The first-order valence-corrected chi connectivity index (χ1v) is 24.6. The van der Waals surface area contributed by atoms with Crippen molar-refractivity contribution in [3.63, 3.8) is 0 Å². The summed E-state index contributed by atoms with van der Waals surface area (Å²) in [5.41, 5.74) is 1.06. The van der Waals surface area contributed by atoms with Crippen molar-refractivity contribution in [2.75, 3.05) is 37.9 Å². The summed E-state index contributed by atoms with van der Waals surface area (Å²) in [6.45, 7) is -11.6. The van der Waals surface area contributed by atoms with Gasteiger partial charge in [-0.05, 0) is 11.8 Å². The Hall–Kier alpha value is -1.84. The van der Waals surface area contributed by atoms with Crippen LogP contribution in [0, 0.1) is 0 Å². The molecule has 6 heterocycles. The van der Waals surface area contributed by atoms with Crippen molar-refractivity contribution < 1.29 is 75.9 Å². The molecule has 2 aliphatic heterocycles.